The highest BCUT2D eigenvalue weighted by Gasteiger charge is 2.00. The summed E-state index contributed by atoms with van der Waals surface area (Å²) in [7, 11) is 0. The highest BCUT2D eigenvalue weighted by molar-refractivity contribution is 5.69. The zero-order valence-electron chi connectivity index (χ0n) is 6.09. The van der Waals surface area contributed by atoms with Crippen molar-refractivity contribution in [3.63, 3.8) is 0 Å². The molecule has 0 spiro atoms. The SMILES string of the molecule is [C-]#[N+]CCCC(=O)OCC. The number of esters is 1. The van der Waals surface area contributed by atoms with E-state index in [4.69, 9.17) is 6.57 Å². The molecule has 0 aliphatic heterocycles. The normalized spacial score (nSPS) is 8.40. The lowest BCUT2D eigenvalue weighted by Crippen LogP contribution is -2.03. The van der Waals surface area contributed by atoms with Crippen molar-refractivity contribution in [1.29, 1.82) is 0 Å². The van der Waals surface area contributed by atoms with Crippen molar-refractivity contribution in [1.82, 2.24) is 0 Å². The molecule has 0 radical (unpaired) electrons. The summed E-state index contributed by atoms with van der Waals surface area (Å²) in [5, 5.41) is 0. The van der Waals surface area contributed by atoms with Gasteiger partial charge in [-0.2, -0.15) is 0 Å². The van der Waals surface area contributed by atoms with E-state index in [0.29, 0.717) is 26.0 Å². The van der Waals surface area contributed by atoms with Crippen molar-refractivity contribution in [2.75, 3.05) is 13.2 Å². The van der Waals surface area contributed by atoms with Crippen LogP contribution in [0.3, 0.4) is 0 Å². The van der Waals surface area contributed by atoms with Crippen molar-refractivity contribution in [3.05, 3.63) is 11.4 Å². The second kappa shape index (κ2) is 6.09. The molecule has 0 amide bonds. The molecule has 0 heterocycles. The Hall–Kier alpha value is -1.04. The number of hydrogen-bond donors (Lipinski definition) is 0. The molecule has 0 bridgehead atoms. The second-order valence-electron chi connectivity index (χ2n) is 1.79. The van der Waals surface area contributed by atoms with E-state index in [0.717, 1.165) is 0 Å². The first kappa shape index (κ1) is 8.96. The van der Waals surface area contributed by atoms with Gasteiger partial charge >= 0.3 is 5.97 Å². The smallest absolute Gasteiger partial charge is 0.306 e. The van der Waals surface area contributed by atoms with Crippen LogP contribution in [0.5, 0.6) is 0 Å². The molecule has 0 N–H and O–H groups in total. The maximum absolute atomic E-state index is 10.6. The van der Waals surface area contributed by atoms with E-state index in [1.165, 1.54) is 0 Å². The topological polar surface area (TPSA) is 30.7 Å². The van der Waals surface area contributed by atoms with Gasteiger partial charge in [0.15, 0.2) is 0 Å². The number of ether oxygens (including phenoxy) is 1. The second-order valence-corrected chi connectivity index (χ2v) is 1.79. The lowest BCUT2D eigenvalue weighted by Gasteiger charge is -1.96. The van der Waals surface area contributed by atoms with Gasteiger partial charge in [0, 0.05) is 6.42 Å². The molecule has 0 aliphatic rings. The Morgan fingerprint density at radius 2 is 2.40 bits per heavy atom. The molecule has 0 aromatic rings. The van der Waals surface area contributed by atoms with E-state index in [2.05, 4.69) is 9.58 Å². The summed E-state index contributed by atoms with van der Waals surface area (Å²) in [4.78, 5) is 13.7. The first-order valence-corrected chi connectivity index (χ1v) is 3.30. The zero-order valence-corrected chi connectivity index (χ0v) is 6.09. The molecule has 0 aromatic carbocycles. The molecule has 0 fully saturated rings. The first-order chi connectivity index (χ1) is 4.81. The van der Waals surface area contributed by atoms with E-state index in [9.17, 15) is 4.79 Å². The fourth-order valence-electron chi connectivity index (χ4n) is 0.536. The number of rotatable bonds is 4. The van der Waals surface area contributed by atoms with Crippen LogP contribution in [-0.4, -0.2) is 19.1 Å². The van der Waals surface area contributed by atoms with Crippen LogP contribution in [0.15, 0.2) is 0 Å². The molecule has 0 atom stereocenters. The molecule has 0 unspecified atom stereocenters. The van der Waals surface area contributed by atoms with Crippen LogP contribution >= 0.6 is 0 Å². The standard InChI is InChI=1S/C7H11NO2/c1-3-10-7(9)5-4-6-8-2/h3-6H2,1H3. The van der Waals surface area contributed by atoms with Gasteiger partial charge < -0.3 is 9.58 Å². The minimum atomic E-state index is -0.203. The lowest BCUT2D eigenvalue weighted by atomic mass is 10.3. The van der Waals surface area contributed by atoms with Gasteiger partial charge in [-0.1, -0.05) is 0 Å². The van der Waals surface area contributed by atoms with Gasteiger partial charge in [-0.25, -0.2) is 6.57 Å². The summed E-state index contributed by atoms with van der Waals surface area (Å²) in [6.07, 6.45) is 0.985. The fourth-order valence-corrected chi connectivity index (χ4v) is 0.536. The largest absolute Gasteiger partial charge is 0.466 e. The molecular formula is C7H11NO2. The van der Waals surface area contributed by atoms with Crippen molar-refractivity contribution < 1.29 is 9.53 Å². The monoisotopic (exact) mass is 141 g/mol. The summed E-state index contributed by atoms with van der Waals surface area (Å²) in [5.41, 5.74) is 0. The zero-order chi connectivity index (χ0) is 7.82. The number of hydrogen-bond acceptors (Lipinski definition) is 2. The van der Waals surface area contributed by atoms with Crippen LogP contribution in [0, 0.1) is 6.57 Å². The highest BCUT2D eigenvalue weighted by Crippen LogP contribution is 1.92. The third-order valence-corrected chi connectivity index (χ3v) is 0.956. The molecule has 0 aliphatic carbocycles. The molecule has 0 rings (SSSR count). The Kier molecular flexibility index (Phi) is 5.45. The van der Waals surface area contributed by atoms with Gasteiger partial charge in [0.2, 0.25) is 6.54 Å². The Labute approximate surface area is 60.8 Å². The molecular weight excluding hydrogens is 130 g/mol. The maximum Gasteiger partial charge on any atom is 0.306 e. The van der Waals surface area contributed by atoms with Crippen molar-refractivity contribution >= 4 is 5.97 Å². The van der Waals surface area contributed by atoms with Gasteiger partial charge in [-0.15, -0.1) is 0 Å². The molecule has 3 heteroatoms. The van der Waals surface area contributed by atoms with Crippen molar-refractivity contribution in [3.8, 4) is 0 Å². The van der Waals surface area contributed by atoms with E-state index in [-0.39, 0.29) is 5.97 Å². The minimum absolute atomic E-state index is 0.203. The van der Waals surface area contributed by atoms with Crippen LogP contribution in [-0.2, 0) is 9.53 Å². The number of nitrogens with zero attached hydrogens (tertiary/aromatic N) is 1. The van der Waals surface area contributed by atoms with Gasteiger partial charge in [0.25, 0.3) is 0 Å². The van der Waals surface area contributed by atoms with Crippen LogP contribution in [0.2, 0.25) is 0 Å². The summed E-state index contributed by atoms with van der Waals surface area (Å²) in [5.74, 6) is -0.203. The Morgan fingerprint density at radius 3 is 2.90 bits per heavy atom. The van der Waals surface area contributed by atoms with Crippen molar-refractivity contribution in [2.45, 2.75) is 19.8 Å². The van der Waals surface area contributed by atoms with Crippen molar-refractivity contribution in [2.24, 2.45) is 0 Å². The maximum atomic E-state index is 10.6. The highest BCUT2D eigenvalue weighted by atomic mass is 16.5. The molecule has 10 heavy (non-hydrogen) atoms. The molecule has 3 nitrogen and oxygen atoms in total. The molecule has 0 saturated heterocycles. The summed E-state index contributed by atoms with van der Waals surface area (Å²) in [6, 6.07) is 0. The Bertz CT molecular complexity index is 137. The first-order valence-electron chi connectivity index (χ1n) is 3.30. The Balaban J connectivity index is 3.15. The molecule has 0 saturated carbocycles. The quantitative estimate of drug-likeness (QED) is 0.335. The van der Waals surface area contributed by atoms with Gasteiger partial charge in [-0.3, -0.25) is 4.79 Å². The third kappa shape index (κ3) is 5.10. The van der Waals surface area contributed by atoms with Gasteiger partial charge in [-0.05, 0) is 6.92 Å². The van der Waals surface area contributed by atoms with E-state index < -0.39 is 0 Å². The number of carbonyl (C=O) groups excluding carboxylic acids is 1. The average molecular weight is 141 g/mol. The van der Waals surface area contributed by atoms with E-state index in [1.807, 2.05) is 0 Å². The Morgan fingerprint density at radius 1 is 1.70 bits per heavy atom. The van der Waals surface area contributed by atoms with Crippen LogP contribution in [0.1, 0.15) is 19.8 Å². The third-order valence-electron chi connectivity index (χ3n) is 0.956. The minimum Gasteiger partial charge on any atom is -0.466 e. The lowest BCUT2D eigenvalue weighted by molar-refractivity contribution is -0.143. The summed E-state index contributed by atoms with van der Waals surface area (Å²) in [6.45, 7) is 9.04. The van der Waals surface area contributed by atoms with Crippen LogP contribution in [0.25, 0.3) is 4.85 Å². The average Bonchev–Trinajstić information content (AvgIpc) is 1.89. The van der Waals surface area contributed by atoms with Gasteiger partial charge in [0.05, 0.1) is 13.0 Å². The number of carbonyl (C=O) groups is 1. The molecule has 56 valence electrons. The predicted octanol–water partition coefficient (Wildman–Crippen LogP) is 1.25. The van der Waals surface area contributed by atoms with Crippen LogP contribution in [0.4, 0.5) is 0 Å². The molecule has 0 aromatic heterocycles. The van der Waals surface area contributed by atoms with E-state index in [1.54, 1.807) is 6.92 Å². The summed E-state index contributed by atoms with van der Waals surface area (Å²) >= 11 is 0. The fraction of sp³-hybridized carbons (Fsp3) is 0.714. The van der Waals surface area contributed by atoms with Crippen LogP contribution < -0.4 is 0 Å². The van der Waals surface area contributed by atoms with E-state index >= 15 is 0 Å². The van der Waals surface area contributed by atoms with Gasteiger partial charge in [0.1, 0.15) is 0 Å². The summed E-state index contributed by atoms with van der Waals surface area (Å²) < 4.78 is 4.65. The predicted molar refractivity (Wildman–Crippen MR) is 37.3 cm³/mol.